The van der Waals surface area contributed by atoms with Crippen LogP contribution in [0.4, 0.5) is 5.69 Å². The topological polar surface area (TPSA) is 62.7 Å². The third-order valence-electron chi connectivity index (χ3n) is 4.27. The van der Waals surface area contributed by atoms with Crippen LogP contribution in [0.5, 0.6) is 5.75 Å². The van der Waals surface area contributed by atoms with Crippen molar-refractivity contribution in [3.8, 4) is 5.75 Å². The maximum atomic E-state index is 11.0. The van der Waals surface area contributed by atoms with E-state index in [4.69, 9.17) is 9.84 Å². The van der Waals surface area contributed by atoms with Crippen LogP contribution in [0.3, 0.4) is 0 Å². The highest BCUT2D eigenvalue weighted by Gasteiger charge is 2.26. The van der Waals surface area contributed by atoms with Crippen LogP contribution in [0.15, 0.2) is 47.6 Å². The molecule has 0 saturated carbocycles. The monoisotopic (exact) mass is 470 g/mol. The second-order valence-corrected chi connectivity index (χ2v) is 7.78. The number of hydrogen-bond acceptors (Lipinski definition) is 5. The Balaban J connectivity index is 1.63. The number of ether oxygens (including phenoxy) is 1. The van der Waals surface area contributed by atoms with Crippen molar-refractivity contribution in [3.63, 3.8) is 0 Å². The number of nitrogens with zero attached hydrogens (tertiary/aromatic N) is 2. The molecule has 0 radical (unpaired) electrons. The third kappa shape index (κ3) is 4.78. The van der Waals surface area contributed by atoms with Gasteiger partial charge in [0.1, 0.15) is 17.4 Å². The third-order valence-corrected chi connectivity index (χ3v) is 6.04. The fraction of sp³-hybridized carbons (Fsp3) is 0.333. The van der Waals surface area contributed by atoms with Gasteiger partial charge >= 0.3 is 5.97 Å². The van der Waals surface area contributed by atoms with Crippen LogP contribution in [0.2, 0.25) is 0 Å². The predicted molar refractivity (Wildman–Crippen MR) is 108 cm³/mol. The lowest BCUT2D eigenvalue weighted by atomic mass is 10.1. The van der Waals surface area contributed by atoms with Gasteiger partial charge in [0.05, 0.1) is 6.42 Å². The van der Waals surface area contributed by atoms with Crippen LogP contribution in [0.25, 0.3) is 0 Å². The zero-order chi connectivity index (χ0) is 17.6. The van der Waals surface area contributed by atoms with Gasteiger partial charge in [-0.1, -0.05) is 6.07 Å². The summed E-state index contributed by atoms with van der Waals surface area (Å²) >= 11 is 2.22. The summed E-state index contributed by atoms with van der Waals surface area (Å²) in [6.07, 6.45) is 3.94. The second-order valence-electron chi connectivity index (χ2n) is 5.91. The van der Waals surface area contributed by atoms with Crippen molar-refractivity contribution in [1.29, 1.82) is 0 Å². The number of rotatable bonds is 7. The molecule has 0 unspecified atom stereocenters. The van der Waals surface area contributed by atoms with E-state index < -0.39 is 5.97 Å². The Labute approximate surface area is 163 Å². The molecule has 1 aliphatic heterocycles. The molecule has 1 atom stereocenters. The van der Waals surface area contributed by atoms with Crippen LogP contribution in [-0.4, -0.2) is 28.6 Å². The van der Waals surface area contributed by atoms with Gasteiger partial charge in [-0.3, -0.25) is 4.79 Å². The first kappa shape index (κ1) is 18.3. The Hall–Kier alpha value is -1.48. The molecule has 3 rings (SSSR count). The molecular formula is C18H19IN2O3S. The molecule has 1 aromatic heterocycles. The van der Waals surface area contributed by atoms with Gasteiger partial charge in [0.25, 0.3) is 0 Å². The van der Waals surface area contributed by atoms with Gasteiger partial charge in [-0.05, 0) is 52.1 Å². The first-order chi connectivity index (χ1) is 12.2. The Morgan fingerprint density at radius 1 is 1.36 bits per heavy atom. The van der Waals surface area contributed by atoms with Gasteiger partial charge in [0, 0.05) is 51.2 Å². The molecule has 7 heteroatoms. The molecule has 132 valence electrons. The molecule has 25 heavy (non-hydrogen) atoms. The van der Waals surface area contributed by atoms with Gasteiger partial charge in [-0.25, -0.2) is 4.98 Å². The molecule has 1 fully saturated rings. The van der Waals surface area contributed by atoms with E-state index in [9.17, 15) is 4.79 Å². The highest BCUT2D eigenvalue weighted by Crippen LogP contribution is 2.30. The maximum absolute atomic E-state index is 11.0. The van der Waals surface area contributed by atoms with Gasteiger partial charge in [0.2, 0.25) is 0 Å². The lowest BCUT2D eigenvalue weighted by molar-refractivity contribution is -0.137. The average Bonchev–Trinajstić information content (AvgIpc) is 3.08. The van der Waals surface area contributed by atoms with Crippen LogP contribution in [0.1, 0.15) is 24.8 Å². The Morgan fingerprint density at radius 3 is 2.88 bits per heavy atom. The summed E-state index contributed by atoms with van der Waals surface area (Å²) < 4.78 is 5.87. The molecule has 1 aromatic carbocycles. The van der Waals surface area contributed by atoms with E-state index in [1.165, 1.54) is 0 Å². The van der Waals surface area contributed by atoms with E-state index in [0.29, 0.717) is 6.61 Å². The van der Waals surface area contributed by atoms with E-state index >= 15 is 0 Å². The molecule has 0 bridgehead atoms. The molecule has 2 aromatic rings. The number of halogens is 1. The van der Waals surface area contributed by atoms with Crippen molar-refractivity contribution in [2.24, 2.45) is 0 Å². The molecule has 0 spiro atoms. The quantitative estimate of drug-likeness (QED) is 0.600. The molecule has 1 N–H and O–H groups in total. The van der Waals surface area contributed by atoms with E-state index in [0.717, 1.165) is 41.4 Å². The number of anilines is 1. The average molecular weight is 470 g/mol. The zero-order valence-corrected chi connectivity index (χ0v) is 16.6. The zero-order valence-electron chi connectivity index (χ0n) is 13.6. The summed E-state index contributed by atoms with van der Waals surface area (Å²) in [4.78, 5) is 17.5. The number of pyridine rings is 1. The van der Waals surface area contributed by atoms with E-state index in [2.05, 4.69) is 31.1 Å². The molecule has 5 nitrogen and oxygen atoms in total. The second kappa shape index (κ2) is 8.75. The largest absolute Gasteiger partial charge is 0.489 e. The lowest BCUT2D eigenvalue weighted by Crippen LogP contribution is -2.31. The minimum absolute atomic E-state index is 0.0860. The smallest absolute Gasteiger partial charge is 0.305 e. The first-order valence-corrected chi connectivity index (χ1v) is 11.5. The van der Waals surface area contributed by atoms with Crippen molar-refractivity contribution in [1.82, 2.24) is 4.98 Å². The normalized spacial score (nSPS) is 16.8. The number of carbonyl (C=O) groups is 1. The van der Waals surface area contributed by atoms with E-state index in [1.54, 1.807) is 15.1 Å². The van der Waals surface area contributed by atoms with Crippen molar-refractivity contribution in [2.45, 2.75) is 36.9 Å². The summed E-state index contributed by atoms with van der Waals surface area (Å²) in [6, 6.07) is 11.9. The summed E-state index contributed by atoms with van der Waals surface area (Å²) in [7, 11) is 1.58. The number of benzene rings is 1. The lowest BCUT2D eigenvalue weighted by Gasteiger charge is -2.25. The Kier molecular flexibility index (Phi) is 6.41. The molecule has 0 aliphatic carbocycles. The summed E-state index contributed by atoms with van der Waals surface area (Å²) in [5, 5.41) is 10.0. The number of aliphatic carboxylic acids is 1. The van der Waals surface area contributed by atoms with Gasteiger partial charge in [-0.15, -0.1) is 0 Å². The first-order valence-electron chi connectivity index (χ1n) is 8.11. The highest BCUT2D eigenvalue weighted by atomic mass is 127. The molecule has 0 amide bonds. The van der Waals surface area contributed by atoms with E-state index in [-0.39, 0.29) is 12.5 Å². The van der Waals surface area contributed by atoms with Gasteiger partial charge in [0.15, 0.2) is 0 Å². The summed E-state index contributed by atoms with van der Waals surface area (Å²) in [6.45, 7) is 1.38. The Morgan fingerprint density at radius 2 is 2.16 bits per heavy atom. The van der Waals surface area contributed by atoms with Crippen LogP contribution in [0, 0.1) is 0 Å². The number of carboxylic acid groups (broad SMARTS) is 1. The predicted octanol–water partition coefficient (Wildman–Crippen LogP) is 4.55. The number of aromatic nitrogens is 1. The van der Waals surface area contributed by atoms with Gasteiger partial charge < -0.3 is 14.7 Å². The Bertz CT molecular complexity index is 727. The molecular weight excluding hydrogens is 451 g/mol. The van der Waals surface area contributed by atoms with Crippen LogP contribution >= 0.6 is 30.1 Å². The fourth-order valence-electron chi connectivity index (χ4n) is 3.09. The molecule has 2 heterocycles. The summed E-state index contributed by atoms with van der Waals surface area (Å²) in [5.41, 5.74) is 2.12. The van der Waals surface area contributed by atoms with Crippen LogP contribution < -0.4 is 9.64 Å². The molecule has 1 aliphatic rings. The van der Waals surface area contributed by atoms with Crippen molar-refractivity contribution >= 4 is 41.8 Å². The van der Waals surface area contributed by atoms with Crippen molar-refractivity contribution < 1.29 is 14.6 Å². The van der Waals surface area contributed by atoms with Crippen molar-refractivity contribution in [2.75, 3.05) is 11.4 Å². The number of hydrogen-bond donors (Lipinski definition) is 1. The van der Waals surface area contributed by atoms with Gasteiger partial charge in [-0.2, -0.15) is 0 Å². The van der Waals surface area contributed by atoms with E-state index in [1.807, 2.05) is 36.4 Å². The molecule has 1 saturated heterocycles. The minimum atomic E-state index is -0.739. The van der Waals surface area contributed by atoms with Crippen LogP contribution in [-0.2, 0) is 11.4 Å². The summed E-state index contributed by atoms with van der Waals surface area (Å²) in [5.74, 6) is 0.0586. The maximum Gasteiger partial charge on any atom is 0.305 e. The SMILES string of the molecule is O=C(O)C[C@@H]1CCCN1c1ccc(OCc2cccnc2SI)cc1. The fourth-order valence-corrected chi connectivity index (χ4v) is 4.60. The van der Waals surface area contributed by atoms with Crippen molar-refractivity contribution in [3.05, 3.63) is 48.2 Å². The standard InChI is InChI=1S/C18H19IN2O3S/c19-25-18-13(3-1-9-20-18)12-24-16-7-5-14(6-8-16)21-10-2-4-15(21)11-17(22)23/h1,3,5-9,15H,2,4,10-12H2,(H,22,23)/t15-/m0/s1. The highest BCUT2D eigenvalue weighted by molar-refractivity contribution is 14.2. The number of carboxylic acids is 1. The minimum Gasteiger partial charge on any atom is -0.489 e.